The van der Waals surface area contributed by atoms with Crippen molar-refractivity contribution in [2.75, 3.05) is 20.3 Å². The number of halogens is 1. The molecule has 3 N–H and O–H groups in total. The third-order valence-corrected chi connectivity index (χ3v) is 4.72. The van der Waals surface area contributed by atoms with Gasteiger partial charge in [-0.25, -0.2) is 4.98 Å². The molecule has 1 atom stereocenters. The summed E-state index contributed by atoms with van der Waals surface area (Å²) in [5, 5.41) is 13.6. The van der Waals surface area contributed by atoms with Crippen LogP contribution in [-0.2, 0) is 6.54 Å². The zero-order valence-electron chi connectivity index (χ0n) is 18.9. The minimum absolute atomic E-state index is 0. The van der Waals surface area contributed by atoms with Crippen molar-refractivity contribution < 1.29 is 9.47 Å². The Morgan fingerprint density at radius 3 is 2.56 bits per heavy atom. The lowest BCUT2D eigenvalue weighted by Gasteiger charge is -2.20. The summed E-state index contributed by atoms with van der Waals surface area (Å²) in [5.41, 5.74) is 3.19. The van der Waals surface area contributed by atoms with Crippen LogP contribution in [0.3, 0.4) is 0 Å². The van der Waals surface area contributed by atoms with E-state index in [-0.39, 0.29) is 30.0 Å². The van der Waals surface area contributed by atoms with E-state index < -0.39 is 0 Å². The molecule has 3 rings (SSSR count). The Hall–Kier alpha value is -2.82. The Balaban J connectivity index is 0.00000363. The number of benzene rings is 2. The maximum Gasteiger partial charge on any atom is 0.191 e. The third-order valence-electron chi connectivity index (χ3n) is 4.72. The number of aromatic nitrogens is 3. The van der Waals surface area contributed by atoms with E-state index in [1.165, 1.54) is 6.33 Å². The fourth-order valence-corrected chi connectivity index (χ4v) is 3.18. The summed E-state index contributed by atoms with van der Waals surface area (Å²) in [6.45, 7) is 7.83. The first-order valence-electron chi connectivity index (χ1n) is 10.5. The highest BCUT2D eigenvalue weighted by Gasteiger charge is 2.12. The van der Waals surface area contributed by atoms with E-state index in [1.807, 2.05) is 44.2 Å². The average Bonchev–Trinajstić information content (AvgIpc) is 3.33. The Bertz CT molecular complexity index is 994. The van der Waals surface area contributed by atoms with E-state index in [1.54, 1.807) is 7.05 Å². The predicted molar refractivity (Wildman–Crippen MR) is 138 cm³/mol. The van der Waals surface area contributed by atoms with Gasteiger partial charge in [-0.1, -0.05) is 24.3 Å². The van der Waals surface area contributed by atoms with Gasteiger partial charge in [0.2, 0.25) is 0 Å². The fourth-order valence-electron chi connectivity index (χ4n) is 3.18. The van der Waals surface area contributed by atoms with Crippen LogP contribution in [0.15, 0.2) is 53.8 Å². The predicted octanol–water partition coefficient (Wildman–Crippen LogP) is 4.31. The molecule has 172 valence electrons. The van der Waals surface area contributed by atoms with Gasteiger partial charge in [-0.2, -0.15) is 5.10 Å². The average molecular weight is 550 g/mol. The molecule has 0 bridgehead atoms. The molecule has 32 heavy (non-hydrogen) atoms. The lowest BCUT2D eigenvalue weighted by molar-refractivity contribution is 0.287. The van der Waals surface area contributed by atoms with Gasteiger partial charge in [0.15, 0.2) is 23.3 Å². The number of nitrogens with one attached hydrogen (secondary N) is 3. The number of aliphatic imine (C=N–C) groups is 1. The van der Waals surface area contributed by atoms with Crippen molar-refractivity contribution in [2.24, 2.45) is 4.99 Å². The summed E-state index contributed by atoms with van der Waals surface area (Å²) in [6, 6.07) is 14.2. The highest BCUT2D eigenvalue weighted by atomic mass is 127. The molecule has 0 aliphatic rings. The van der Waals surface area contributed by atoms with E-state index in [0.717, 1.165) is 34.0 Å². The lowest BCUT2D eigenvalue weighted by Crippen LogP contribution is -2.38. The van der Waals surface area contributed by atoms with Crippen molar-refractivity contribution in [3.05, 3.63) is 59.9 Å². The molecule has 9 heteroatoms. The van der Waals surface area contributed by atoms with Gasteiger partial charge in [0.05, 0.1) is 19.3 Å². The molecular weight excluding hydrogens is 519 g/mol. The SMILES string of the molecule is CCOc1ccc(C(C)NC(=NC)NCc2cccc(-c3ncn[nH]3)c2)cc1OCC.I. The lowest BCUT2D eigenvalue weighted by atomic mass is 10.1. The van der Waals surface area contributed by atoms with Crippen molar-refractivity contribution >= 4 is 29.9 Å². The van der Waals surface area contributed by atoms with Gasteiger partial charge >= 0.3 is 0 Å². The zero-order chi connectivity index (χ0) is 22.1. The normalized spacial score (nSPS) is 11.9. The maximum atomic E-state index is 5.75. The number of ether oxygens (including phenoxy) is 2. The van der Waals surface area contributed by atoms with Gasteiger partial charge in [0, 0.05) is 19.2 Å². The van der Waals surface area contributed by atoms with Gasteiger partial charge in [0.25, 0.3) is 0 Å². The summed E-state index contributed by atoms with van der Waals surface area (Å²) in [7, 11) is 1.76. The zero-order valence-corrected chi connectivity index (χ0v) is 21.2. The number of H-pyrrole nitrogens is 1. The number of nitrogens with zero attached hydrogens (tertiary/aromatic N) is 3. The van der Waals surface area contributed by atoms with Crippen LogP contribution >= 0.6 is 24.0 Å². The van der Waals surface area contributed by atoms with Gasteiger partial charge in [-0.15, -0.1) is 24.0 Å². The second-order valence-electron chi connectivity index (χ2n) is 6.90. The molecule has 2 aromatic carbocycles. The molecule has 1 aromatic heterocycles. The van der Waals surface area contributed by atoms with Crippen LogP contribution in [0.4, 0.5) is 0 Å². The molecular formula is C23H31IN6O2. The summed E-state index contributed by atoms with van der Waals surface area (Å²) < 4.78 is 11.4. The summed E-state index contributed by atoms with van der Waals surface area (Å²) in [6.07, 6.45) is 1.51. The third kappa shape index (κ3) is 6.84. The monoisotopic (exact) mass is 550 g/mol. The molecule has 0 aliphatic carbocycles. The first kappa shape index (κ1) is 25.4. The summed E-state index contributed by atoms with van der Waals surface area (Å²) >= 11 is 0. The smallest absolute Gasteiger partial charge is 0.191 e. The molecule has 0 aliphatic heterocycles. The highest BCUT2D eigenvalue weighted by molar-refractivity contribution is 14.0. The van der Waals surface area contributed by atoms with Gasteiger partial charge in [-0.05, 0) is 50.1 Å². The number of aromatic amines is 1. The molecule has 3 aromatic rings. The first-order valence-corrected chi connectivity index (χ1v) is 10.5. The van der Waals surface area contributed by atoms with Crippen LogP contribution < -0.4 is 20.1 Å². The van der Waals surface area contributed by atoms with E-state index in [0.29, 0.717) is 25.7 Å². The van der Waals surface area contributed by atoms with Gasteiger partial charge in [-0.3, -0.25) is 10.1 Å². The number of guanidine groups is 1. The van der Waals surface area contributed by atoms with E-state index in [4.69, 9.17) is 9.47 Å². The standard InChI is InChI=1S/C23H30N6O2.HI/c1-5-30-20-11-10-18(13-21(20)31-6-2)16(3)28-23(24-4)25-14-17-8-7-9-19(12-17)22-26-15-27-29-22;/h7-13,15-16H,5-6,14H2,1-4H3,(H2,24,25,28)(H,26,27,29);1H. The van der Waals surface area contributed by atoms with Gasteiger partial charge in [0.1, 0.15) is 6.33 Å². The second-order valence-corrected chi connectivity index (χ2v) is 6.90. The van der Waals surface area contributed by atoms with Crippen LogP contribution in [-0.4, -0.2) is 41.4 Å². The van der Waals surface area contributed by atoms with Crippen LogP contribution in [0.5, 0.6) is 11.5 Å². The number of hydrogen-bond donors (Lipinski definition) is 3. The fraction of sp³-hybridized carbons (Fsp3) is 0.348. The maximum absolute atomic E-state index is 5.75. The van der Waals surface area contributed by atoms with Crippen molar-refractivity contribution in [3.63, 3.8) is 0 Å². The molecule has 0 saturated carbocycles. The number of rotatable bonds is 9. The minimum Gasteiger partial charge on any atom is -0.490 e. The van der Waals surface area contributed by atoms with E-state index >= 15 is 0 Å². The molecule has 0 fully saturated rings. The van der Waals surface area contributed by atoms with Crippen LogP contribution in [0, 0.1) is 0 Å². The Morgan fingerprint density at radius 2 is 1.88 bits per heavy atom. The minimum atomic E-state index is 0. The van der Waals surface area contributed by atoms with Gasteiger partial charge < -0.3 is 20.1 Å². The molecule has 8 nitrogen and oxygen atoms in total. The first-order chi connectivity index (χ1) is 15.1. The van der Waals surface area contributed by atoms with Crippen molar-refractivity contribution in [2.45, 2.75) is 33.4 Å². The molecule has 1 unspecified atom stereocenters. The van der Waals surface area contributed by atoms with E-state index in [9.17, 15) is 0 Å². The molecule has 0 radical (unpaired) electrons. The Labute approximate surface area is 206 Å². The highest BCUT2D eigenvalue weighted by Crippen LogP contribution is 2.30. The summed E-state index contributed by atoms with van der Waals surface area (Å²) in [4.78, 5) is 8.56. The van der Waals surface area contributed by atoms with Crippen molar-refractivity contribution in [3.8, 4) is 22.9 Å². The molecule has 0 spiro atoms. The van der Waals surface area contributed by atoms with Crippen LogP contribution in [0.2, 0.25) is 0 Å². The van der Waals surface area contributed by atoms with Crippen LogP contribution in [0.25, 0.3) is 11.4 Å². The second kappa shape index (κ2) is 12.9. The quantitative estimate of drug-likeness (QED) is 0.209. The topological polar surface area (TPSA) is 96.5 Å². The Kier molecular flexibility index (Phi) is 10.3. The Morgan fingerprint density at radius 1 is 1.09 bits per heavy atom. The number of hydrogen-bond acceptors (Lipinski definition) is 5. The van der Waals surface area contributed by atoms with Crippen LogP contribution in [0.1, 0.15) is 37.9 Å². The van der Waals surface area contributed by atoms with Crippen molar-refractivity contribution in [1.29, 1.82) is 0 Å². The largest absolute Gasteiger partial charge is 0.490 e. The molecule has 0 amide bonds. The summed E-state index contributed by atoms with van der Waals surface area (Å²) in [5.74, 6) is 2.97. The molecule has 0 saturated heterocycles. The molecule has 1 heterocycles. The van der Waals surface area contributed by atoms with Crippen molar-refractivity contribution in [1.82, 2.24) is 25.8 Å². The van der Waals surface area contributed by atoms with E-state index in [2.05, 4.69) is 49.9 Å².